The monoisotopic (exact) mass is 281 g/mol. The highest BCUT2D eigenvalue weighted by Crippen LogP contribution is 2.29. The number of nitrogens with zero attached hydrogens (tertiary/aromatic N) is 1. The number of pyridine rings is 1. The van der Waals surface area contributed by atoms with Gasteiger partial charge in [-0.05, 0) is 42.3 Å². The molecule has 106 valence electrons. The van der Waals surface area contributed by atoms with Crippen LogP contribution in [-0.2, 0) is 4.79 Å². The molecule has 3 rings (SSSR count). The molecule has 5 heteroatoms. The predicted molar refractivity (Wildman–Crippen MR) is 80.8 cm³/mol. The maximum Gasteiger partial charge on any atom is 0.258 e. The Morgan fingerprint density at radius 2 is 2.19 bits per heavy atom. The number of hydrogen-bond acceptors (Lipinski definition) is 3. The normalized spacial score (nSPS) is 12.2. The summed E-state index contributed by atoms with van der Waals surface area (Å²) in [5.74, 6) is 0.122. The molecule has 21 heavy (non-hydrogen) atoms. The molecule has 3 aromatic rings. The number of nitrogens with one attached hydrogen (secondary N) is 1. The number of primary amides is 1. The molecule has 0 aliphatic heterocycles. The van der Waals surface area contributed by atoms with Crippen LogP contribution in [0.5, 0.6) is 5.75 Å². The Morgan fingerprint density at radius 3 is 3.00 bits per heavy atom. The third kappa shape index (κ3) is 2.58. The molecule has 0 aliphatic rings. The molecule has 0 aliphatic carbocycles. The smallest absolute Gasteiger partial charge is 0.258 e. The molecule has 3 N–H and O–H groups in total. The average Bonchev–Trinajstić information content (AvgIpc) is 2.95. The minimum Gasteiger partial charge on any atom is -0.481 e. The number of carbonyl (C=O) groups is 1. The van der Waals surface area contributed by atoms with Crippen LogP contribution in [0, 0.1) is 0 Å². The van der Waals surface area contributed by atoms with Gasteiger partial charge in [-0.1, -0.05) is 12.1 Å². The summed E-state index contributed by atoms with van der Waals surface area (Å²) in [5.41, 5.74) is 8.11. The fourth-order valence-electron chi connectivity index (χ4n) is 2.21. The molecule has 0 bridgehead atoms. The lowest BCUT2D eigenvalue weighted by Gasteiger charge is -2.12. The number of H-pyrrole nitrogens is 1. The van der Waals surface area contributed by atoms with Gasteiger partial charge in [-0.25, -0.2) is 4.98 Å². The minimum atomic E-state index is -0.662. The molecule has 0 unspecified atom stereocenters. The van der Waals surface area contributed by atoms with Gasteiger partial charge in [0, 0.05) is 17.8 Å². The second kappa shape index (κ2) is 5.28. The lowest BCUT2D eigenvalue weighted by atomic mass is 10.0. The number of aromatic amines is 1. The number of fused-ring (bicyclic) bond motifs is 1. The summed E-state index contributed by atoms with van der Waals surface area (Å²) in [6.07, 6.45) is 2.95. The van der Waals surface area contributed by atoms with Crippen molar-refractivity contribution in [3.8, 4) is 16.9 Å². The van der Waals surface area contributed by atoms with E-state index in [2.05, 4.69) is 9.97 Å². The summed E-state index contributed by atoms with van der Waals surface area (Å²) < 4.78 is 5.53. The first-order valence-corrected chi connectivity index (χ1v) is 6.63. The van der Waals surface area contributed by atoms with Crippen LogP contribution in [0.25, 0.3) is 22.2 Å². The highest BCUT2D eigenvalue weighted by molar-refractivity contribution is 5.93. The molecule has 0 spiro atoms. The second-order valence-electron chi connectivity index (χ2n) is 4.79. The number of carbonyl (C=O) groups excluding carboxylic acids is 1. The van der Waals surface area contributed by atoms with Crippen molar-refractivity contribution in [2.75, 3.05) is 0 Å². The zero-order valence-corrected chi connectivity index (χ0v) is 11.5. The molecular weight excluding hydrogens is 266 g/mol. The number of benzene rings is 1. The summed E-state index contributed by atoms with van der Waals surface area (Å²) in [4.78, 5) is 18.4. The standard InChI is InChI=1S/C16H15N3O2/c1-10(15(17)20)21-12-4-2-3-11(9-12)13-5-7-18-16-14(13)6-8-19-16/h2-10H,1H3,(H2,17,20)(H,18,19)/t10-/m0/s1. The summed E-state index contributed by atoms with van der Waals surface area (Å²) in [6.45, 7) is 1.63. The van der Waals surface area contributed by atoms with E-state index in [1.54, 1.807) is 19.2 Å². The second-order valence-corrected chi connectivity index (χ2v) is 4.79. The van der Waals surface area contributed by atoms with Gasteiger partial charge in [0.2, 0.25) is 0 Å². The van der Waals surface area contributed by atoms with Crippen LogP contribution >= 0.6 is 0 Å². The van der Waals surface area contributed by atoms with E-state index in [0.717, 1.165) is 22.2 Å². The molecule has 2 aromatic heterocycles. The number of aromatic nitrogens is 2. The molecule has 0 radical (unpaired) electrons. The lowest BCUT2D eigenvalue weighted by molar-refractivity contribution is -0.123. The SMILES string of the molecule is C[C@H](Oc1cccc(-c2ccnc3[nH]ccc23)c1)C(N)=O. The third-order valence-corrected chi connectivity index (χ3v) is 3.32. The Bertz CT molecular complexity index is 795. The van der Waals surface area contributed by atoms with E-state index >= 15 is 0 Å². The molecule has 0 saturated carbocycles. The van der Waals surface area contributed by atoms with Crippen LogP contribution in [-0.4, -0.2) is 22.0 Å². The molecule has 1 atom stereocenters. The van der Waals surface area contributed by atoms with E-state index in [-0.39, 0.29) is 0 Å². The highest BCUT2D eigenvalue weighted by atomic mass is 16.5. The molecule has 1 aromatic carbocycles. The van der Waals surface area contributed by atoms with Crippen LogP contribution in [0.2, 0.25) is 0 Å². The molecular formula is C16H15N3O2. The minimum absolute atomic E-state index is 0.489. The van der Waals surface area contributed by atoms with Crippen LogP contribution in [0.4, 0.5) is 0 Å². The van der Waals surface area contributed by atoms with Gasteiger partial charge < -0.3 is 15.5 Å². The van der Waals surface area contributed by atoms with Crippen molar-refractivity contribution >= 4 is 16.9 Å². The number of hydrogen-bond donors (Lipinski definition) is 2. The largest absolute Gasteiger partial charge is 0.481 e. The highest BCUT2D eigenvalue weighted by Gasteiger charge is 2.11. The van der Waals surface area contributed by atoms with Gasteiger partial charge in [-0.2, -0.15) is 0 Å². The average molecular weight is 281 g/mol. The fraction of sp³-hybridized carbons (Fsp3) is 0.125. The predicted octanol–water partition coefficient (Wildman–Crippen LogP) is 2.48. The van der Waals surface area contributed by atoms with Gasteiger partial charge >= 0.3 is 0 Å². The van der Waals surface area contributed by atoms with Gasteiger partial charge in [-0.15, -0.1) is 0 Å². The van der Waals surface area contributed by atoms with Crippen molar-refractivity contribution in [3.63, 3.8) is 0 Å². The maximum atomic E-state index is 11.1. The maximum absolute atomic E-state index is 11.1. The Balaban J connectivity index is 2.00. The Labute approximate surface area is 121 Å². The lowest BCUT2D eigenvalue weighted by Crippen LogP contribution is -2.30. The first kappa shape index (κ1) is 13.2. The Hall–Kier alpha value is -2.82. The molecule has 0 saturated heterocycles. The third-order valence-electron chi connectivity index (χ3n) is 3.32. The summed E-state index contributed by atoms with van der Waals surface area (Å²) in [5, 5.41) is 1.04. The van der Waals surface area contributed by atoms with Crippen LogP contribution in [0.15, 0.2) is 48.8 Å². The van der Waals surface area contributed by atoms with E-state index < -0.39 is 12.0 Å². The summed E-state index contributed by atoms with van der Waals surface area (Å²) >= 11 is 0. The molecule has 0 fully saturated rings. The zero-order valence-electron chi connectivity index (χ0n) is 11.5. The van der Waals surface area contributed by atoms with Gasteiger partial charge in [0.05, 0.1) is 0 Å². The first-order valence-electron chi connectivity index (χ1n) is 6.63. The molecule has 1 amide bonds. The number of nitrogens with two attached hydrogens (primary N) is 1. The Kier molecular flexibility index (Phi) is 3.31. The van der Waals surface area contributed by atoms with Crippen molar-refractivity contribution < 1.29 is 9.53 Å². The first-order chi connectivity index (χ1) is 10.1. The van der Waals surface area contributed by atoms with E-state index in [1.165, 1.54) is 0 Å². The quantitative estimate of drug-likeness (QED) is 0.771. The van der Waals surface area contributed by atoms with Crippen LogP contribution in [0.3, 0.4) is 0 Å². The fourth-order valence-corrected chi connectivity index (χ4v) is 2.21. The molecule has 2 heterocycles. The summed E-state index contributed by atoms with van der Waals surface area (Å²) in [7, 11) is 0. The Morgan fingerprint density at radius 1 is 1.33 bits per heavy atom. The van der Waals surface area contributed by atoms with E-state index in [1.807, 2.05) is 36.5 Å². The number of amides is 1. The van der Waals surface area contributed by atoms with Gasteiger partial charge in [-0.3, -0.25) is 4.79 Å². The van der Waals surface area contributed by atoms with Crippen molar-refractivity contribution in [1.82, 2.24) is 9.97 Å². The van der Waals surface area contributed by atoms with Gasteiger partial charge in [0.15, 0.2) is 6.10 Å². The van der Waals surface area contributed by atoms with E-state index in [0.29, 0.717) is 5.75 Å². The zero-order chi connectivity index (χ0) is 14.8. The van der Waals surface area contributed by atoms with Crippen LogP contribution in [0.1, 0.15) is 6.92 Å². The van der Waals surface area contributed by atoms with Crippen molar-refractivity contribution in [1.29, 1.82) is 0 Å². The van der Waals surface area contributed by atoms with Gasteiger partial charge in [0.1, 0.15) is 11.4 Å². The van der Waals surface area contributed by atoms with Crippen LogP contribution < -0.4 is 10.5 Å². The molecule has 5 nitrogen and oxygen atoms in total. The van der Waals surface area contributed by atoms with Gasteiger partial charge in [0.25, 0.3) is 5.91 Å². The van der Waals surface area contributed by atoms with Crippen molar-refractivity contribution in [2.24, 2.45) is 5.73 Å². The summed E-state index contributed by atoms with van der Waals surface area (Å²) in [6, 6.07) is 11.5. The number of rotatable bonds is 4. The topological polar surface area (TPSA) is 81.0 Å². The van der Waals surface area contributed by atoms with E-state index in [9.17, 15) is 4.79 Å². The van der Waals surface area contributed by atoms with Crippen molar-refractivity contribution in [2.45, 2.75) is 13.0 Å². The van der Waals surface area contributed by atoms with E-state index in [4.69, 9.17) is 10.5 Å². The van der Waals surface area contributed by atoms with Crippen molar-refractivity contribution in [3.05, 3.63) is 48.8 Å². The number of ether oxygens (including phenoxy) is 1.